The monoisotopic (exact) mass is 209 g/mol. The highest BCUT2D eigenvalue weighted by Gasteiger charge is 2.23. The van der Waals surface area contributed by atoms with Crippen molar-refractivity contribution in [1.82, 2.24) is 4.90 Å². The van der Waals surface area contributed by atoms with Crippen molar-refractivity contribution < 1.29 is 4.79 Å². The summed E-state index contributed by atoms with van der Waals surface area (Å²) in [6.45, 7) is 7.79. The van der Waals surface area contributed by atoms with E-state index in [0.29, 0.717) is 18.5 Å². The molecule has 2 unspecified atom stereocenters. The Kier molecular flexibility index (Phi) is 5.03. The maximum atomic E-state index is 10.6. The summed E-state index contributed by atoms with van der Waals surface area (Å²) in [6.07, 6.45) is 8.39. The van der Waals surface area contributed by atoms with Gasteiger partial charge in [-0.1, -0.05) is 26.0 Å². The fourth-order valence-corrected chi connectivity index (χ4v) is 2.43. The fraction of sp³-hybridized carbons (Fsp3) is 0.769. The van der Waals surface area contributed by atoms with Crippen molar-refractivity contribution in [2.75, 3.05) is 6.54 Å². The van der Waals surface area contributed by atoms with Crippen molar-refractivity contribution in [3.8, 4) is 0 Å². The third-order valence-corrected chi connectivity index (χ3v) is 3.11. The molecule has 0 fully saturated rings. The van der Waals surface area contributed by atoms with Crippen molar-refractivity contribution in [3.63, 3.8) is 0 Å². The molecule has 2 atom stereocenters. The van der Waals surface area contributed by atoms with Crippen LogP contribution in [0.2, 0.25) is 0 Å². The molecule has 2 nitrogen and oxygen atoms in total. The second-order valence-electron chi connectivity index (χ2n) is 4.94. The predicted octanol–water partition coefficient (Wildman–Crippen LogP) is 2.64. The largest absolute Gasteiger partial charge is 0.303 e. The SMILES string of the molecule is CC(C)CC(C)N1CC=CCC1CC=O. The van der Waals surface area contributed by atoms with Crippen molar-refractivity contribution >= 4 is 6.29 Å². The molecule has 0 amide bonds. The van der Waals surface area contributed by atoms with Gasteiger partial charge < -0.3 is 4.79 Å². The van der Waals surface area contributed by atoms with E-state index in [1.807, 2.05) is 0 Å². The number of carbonyl (C=O) groups excluding carboxylic acids is 1. The number of carbonyl (C=O) groups is 1. The summed E-state index contributed by atoms with van der Waals surface area (Å²) >= 11 is 0. The molecular weight excluding hydrogens is 186 g/mol. The van der Waals surface area contributed by atoms with Gasteiger partial charge in [-0.15, -0.1) is 0 Å². The molecule has 86 valence electrons. The van der Waals surface area contributed by atoms with Crippen LogP contribution in [0.25, 0.3) is 0 Å². The van der Waals surface area contributed by atoms with E-state index in [9.17, 15) is 4.79 Å². The van der Waals surface area contributed by atoms with Gasteiger partial charge in [0.2, 0.25) is 0 Å². The van der Waals surface area contributed by atoms with Gasteiger partial charge in [0.25, 0.3) is 0 Å². The van der Waals surface area contributed by atoms with Crippen LogP contribution in [0.5, 0.6) is 0 Å². The van der Waals surface area contributed by atoms with E-state index in [1.54, 1.807) is 0 Å². The molecule has 2 heteroatoms. The zero-order chi connectivity index (χ0) is 11.3. The molecule has 0 bridgehead atoms. The van der Waals surface area contributed by atoms with Crippen LogP contribution in [0.3, 0.4) is 0 Å². The molecule has 0 aromatic heterocycles. The third kappa shape index (κ3) is 3.78. The Balaban J connectivity index is 2.55. The highest BCUT2D eigenvalue weighted by Crippen LogP contribution is 2.20. The van der Waals surface area contributed by atoms with Crippen LogP contribution in [0.4, 0.5) is 0 Å². The van der Waals surface area contributed by atoms with Crippen LogP contribution < -0.4 is 0 Å². The Morgan fingerprint density at radius 1 is 1.40 bits per heavy atom. The maximum Gasteiger partial charge on any atom is 0.121 e. The minimum Gasteiger partial charge on any atom is -0.303 e. The lowest BCUT2D eigenvalue weighted by Gasteiger charge is -2.37. The highest BCUT2D eigenvalue weighted by molar-refractivity contribution is 5.50. The van der Waals surface area contributed by atoms with E-state index in [4.69, 9.17) is 0 Å². The normalized spacial score (nSPS) is 24.4. The fourth-order valence-electron chi connectivity index (χ4n) is 2.43. The van der Waals surface area contributed by atoms with E-state index in [-0.39, 0.29) is 0 Å². The average Bonchev–Trinajstić information content (AvgIpc) is 2.18. The van der Waals surface area contributed by atoms with Gasteiger partial charge in [0.15, 0.2) is 0 Å². The average molecular weight is 209 g/mol. The van der Waals surface area contributed by atoms with E-state index >= 15 is 0 Å². The van der Waals surface area contributed by atoms with E-state index in [0.717, 1.165) is 25.2 Å². The van der Waals surface area contributed by atoms with Crippen LogP contribution >= 0.6 is 0 Å². The van der Waals surface area contributed by atoms with Crippen molar-refractivity contribution in [2.45, 2.75) is 52.1 Å². The lowest BCUT2D eigenvalue weighted by molar-refractivity contribution is -0.109. The summed E-state index contributed by atoms with van der Waals surface area (Å²) in [5.74, 6) is 0.725. The molecule has 0 saturated heterocycles. The molecule has 0 N–H and O–H groups in total. The number of aldehydes is 1. The van der Waals surface area contributed by atoms with Crippen molar-refractivity contribution in [3.05, 3.63) is 12.2 Å². The molecule has 0 spiro atoms. The Hall–Kier alpha value is -0.630. The van der Waals surface area contributed by atoms with E-state index in [2.05, 4.69) is 37.8 Å². The van der Waals surface area contributed by atoms with Crippen LogP contribution in [-0.4, -0.2) is 29.8 Å². The second-order valence-corrected chi connectivity index (χ2v) is 4.94. The minimum absolute atomic E-state index is 0.432. The minimum atomic E-state index is 0.432. The second kappa shape index (κ2) is 6.06. The molecule has 0 radical (unpaired) electrons. The third-order valence-electron chi connectivity index (χ3n) is 3.11. The van der Waals surface area contributed by atoms with Gasteiger partial charge in [-0.25, -0.2) is 0 Å². The van der Waals surface area contributed by atoms with Crippen molar-refractivity contribution in [2.24, 2.45) is 5.92 Å². The first-order chi connectivity index (χ1) is 7.15. The Labute approximate surface area is 93.3 Å². The molecule has 0 aromatic carbocycles. The molecule has 0 saturated carbocycles. The Morgan fingerprint density at radius 3 is 2.73 bits per heavy atom. The first kappa shape index (κ1) is 12.4. The summed E-state index contributed by atoms with van der Waals surface area (Å²) in [6, 6.07) is 1.01. The number of nitrogens with zero attached hydrogens (tertiary/aromatic N) is 1. The highest BCUT2D eigenvalue weighted by atomic mass is 16.1. The van der Waals surface area contributed by atoms with Gasteiger partial charge in [0, 0.05) is 25.0 Å². The zero-order valence-electron chi connectivity index (χ0n) is 10.1. The number of hydrogen-bond donors (Lipinski definition) is 0. The molecule has 1 heterocycles. The lowest BCUT2D eigenvalue weighted by atomic mass is 9.98. The van der Waals surface area contributed by atoms with Gasteiger partial charge in [-0.2, -0.15) is 0 Å². The van der Waals surface area contributed by atoms with Gasteiger partial charge >= 0.3 is 0 Å². The Morgan fingerprint density at radius 2 is 2.13 bits per heavy atom. The predicted molar refractivity (Wildman–Crippen MR) is 63.8 cm³/mol. The first-order valence-corrected chi connectivity index (χ1v) is 5.99. The molecule has 0 aliphatic carbocycles. The standard InChI is InChI=1S/C13H23NO/c1-11(2)10-12(3)14-8-5-4-6-13(14)7-9-15/h4-5,9,11-13H,6-8,10H2,1-3H3. The van der Waals surface area contributed by atoms with Gasteiger partial charge in [-0.05, 0) is 25.7 Å². The van der Waals surface area contributed by atoms with Crippen LogP contribution in [0.15, 0.2) is 12.2 Å². The Bertz CT molecular complexity index is 223. The molecule has 1 aliphatic rings. The summed E-state index contributed by atoms with van der Waals surface area (Å²) < 4.78 is 0. The van der Waals surface area contributed by atoms with Gasteiger partial charge in [0.05, 0.1) is 0 Å². The quantitative estimate of drug-likeness (QED) is 0.512. The van der Waals surface area contributed by atoms with Crippen LogP contribution in [0.1, 0.15) is 40.0 Å². The van der Waals surface area contributed by atoms with Crippen LogP contribution in [0, 0.1) is 5.92 Å². The summed E-state index contributed by atoms with van der Waals surface area (Å²) in [4.78, 5) is 13.1. The lowest BCUT2D eigenvalue weighted by Crippen LogP contribution is -2.44. The molecule has 15 heavy (non-hydrogen) atoms. The van der Waals surface area contributed by atoms with Crippen LogP contribution in [-0.2, 0) is 4.79 Å². The maximum absolute atomic E-state index is 10.6. The van der Waals surface area contributed by atoms with Crippen molar-refractivity contribution in [1.29, 1.82) is 0 Å². The molecular formula is C13H23NO. The number of hydrogen-bond acceptors (Lipinski definition) is 2. The summed E-state index contributed by atoms with van der Waals surface area (Å²) in [5.41, 5.74) is 0. The van der Waals surface area contributed by atoms with E-state index in [1.165, 1.54) is 6.42 Å². The molecule has 1 aliphatic heterocycles. The van der Waals surface area contributed by atoms with E-state index < -0.39 is 0 Å². The topological polar surface area (TPSA) is 20.3 Å². The molecule has 0 aromatic rings. The summed E-state index contributed by atoms with van der Waals surface area (Å²) in [7, 11) is 0. The smallest absolute Gasteiger partial charge is 0.121 e. The number of rotatable bonds is 5. The van der Waals surface area contributed by atoms with Gasteiger partial charge in [-0.3, -0.25) is 4.90 Å². The summed E-state index contributed by atoms with van der Waals surface area (Å²) in [5, 5.41) is 0. The van der Waals surface area contributed by atoms with Gasteiger partial charge in [0.1, 0.15) is 6.29 Å². The first-order valence-electron chi connectivity index (χ1n) is 5.99. The zero-order valence-corrected chi connectivity index (χ0v) is 10.1. The molecule has 1 rings (SSSR count).